The Morgan fingerprint density at radius 3 is 2.45 bits per heavy atom. The van der Waals surface area contributed by atoms with Gasteiger partial charge in [0.05, 0.1) is 6.10 Å². The van der Waals surface area contributed by atoms with E-state index < -0.39 is 0 Å². The summed E-state index contributed by atoms with van der Waals surface area (Å²) in [5.74, 6) is 3.27. The molecule has 2 aliphatic heterocycles. The van der Waals surface area contributed by atoms with Crippen molar-refractivity contribution in [1.82, 2.24) is 9.80 Å². The first-order valence-corrected chi connectivity index (χ1v) is 12.5. The molecule has 2 aromatic rings. The van der Waals surface area contributed by atoms with Crippen molar-refractivity contribution in [2.45, 2.75) is 50.7 Å². The fourth-order valence-corrected chi connectivity index (χ4v) is 5.81. The van der Waals surface area contributed by atoms with Gasteiger partial charge in [-0.2, -0.15) is 0 Å². The fourth-order valence-electron chi connectivity index (χ4n) is 5.81. The van der Waals surface area contributed by atoms with Gasteiger partial charge in [-0.15, -0.1) is 6.42 Å². The van der Waals surface area contributed by atoms with Crippen molar-refractivity contribution in [3.63, 3.8) is 0 Å². The van der Waals surface area contributed by atoms with E-state index in [1.807, 2.05) is 29.2 Å². The van der Waals surface area contributed by atoms with Crippen LogP contribution >= 0.6 is 0 Å². The molecule has 0 spiro atoms. The maximum absolute atomic E-state index is 13.5. The standard InChI is InChI=1S/C29H34N2O2/c1-2-22-7-5-10-26(17-22)29(32)31(21-28-11-6-16-33-28)20-23-12-14-30(15-13-23)27-18-24-8-3-4-9-25(24)19-27/h1,3-5,7-10,17,23,27-28H,6,11-16,18-21H2. The van der Waals surface area contributed by atoms with Gasteiger partial charge in [-0.25, -0.2) is 0 Å². The molecule has 4 heteroatoms. The SMILES string of the molecule is C#Cc1cccc(C(=O)N(CC2CCN(C3Cc4ccccc4C3)CC2)CC2CCCO2)c1. The minimum atomic E-state index is 0.0799. The number of amides is 1. The van der Waals surface area contributed by atoms with E-state index in [1.54, 1.807) is 0 Å². The summed E-state index contributed by atoms with van der Waals surface area (Å²) in [7, 11) is 0. The monoisotopic (exact) mass is 442 g/mol. The molecule has 2 fully saturated rings. The van der Waals surface area contributed by atoms with Crippen LogP contribution in [0.15, 0.2) is 48.5 Å². The van der Waals surface area contributed by atoms with Crippen LogP contribution < -0.4 is 0 Å². The topological polar surface area (TPSA) is 32.8 Å². The molecule has 1 atom stereocenters. The molecule has 2 aromatic carbocycles. The normalized spacial score (nSPS) is 21.6. The molecule has 5 rings (SSSR count). The highest BCUT2D eigenvalue weighted by Crippen LogP contribution is 2.29. The molecule has 4 nitrogen and oxygen atoms in total. The molecule has 0 bridgehead atoms. The van der Waals surface area contributed by atoms with Crippen LogP contribution in [0.2, 0.25) is 0 Å². The Morgan fingerprint density at radius 2 is 1.79 bits per heavy atom. The van der Waals surface area contributed by atoms with Crippen molar-refractivity contribution in [3.05, 3.63) is 70.8 Å². The van der Waals surface area contributed by atoms with Gasteiger partial charge in [-0.05, 0) is 86.9 Å². The summed E-state index contributed by atoms with van der Waals surface area (Å²) in [6.07, 6.45) is 12.5. The number of hydrogen-bond acceptors (Lipinski definition) is 3. The summed E-state index contributed by atoms with van der Waals surface area (Å²) in [6, 6.07) is 17.0. The third-order valence-corrected chi connectivity index (χ3v) is 7.68. The van der Waals surface area contributed by atoms with Gasteiger partial charge in [0.15, 0.2) is 0 Å². The Morgan fingerprint density at radius 1 is 1.03 bits per heavy atom. The first kappa shape index (κ1) is 22.2. The zero-order chi connectivity index (χ0) is 22.6. The molecule has 0 saturated carbocycles. The number of carbonyl (C=O) groups excluding carboxylic acids is 1. The van der Waals surface area contributed by atoms with Crippen LogP contribution in [-0.2, 0) is 17.6 Å². The lowest BCUT2D eigenvalue weighted by molar-refractivity contribution is 0.0430. The quantitative estimate of drug-likeness (QED) is 0.630. The van der Waals surface area contributed by atoms with Gasteiger partial charge in [0, 0.05) is 36.9 Å². The molecule has 1 unspecified atom stereocenters. The Hall–Kier alpha value is -2.61. The Kier molecular flexibility index (Phi) is 6.80. The van der Waals surface area contributed by atoms with E-state index in [9.17, 15) is 4.79 Å². The molecule has 0 aromatic heterocycles. The van der Waals surface area contributed by atoms with Crippen LogP contribution in [0.25, 0.3) is 0 Å². The molecular weight excluding hydrogens is 408 g/mol. The first-order chi connectivity index (χ1) is 16.2. The summed E-state index contributed by atoms with van der Waals surface area (Å²) in [5, 5.41) is 0. The second kappa shape index (κ2) is 10.1. The maximum Gasteiger partial charge on any atom is 0.253 e. The lowest BCUT2D eigenvalue weighted by Crippen LogP contribution is -2.46. The number of likely N-dealkylation sites (tertiary alicyclic amines) is 1. The van der Waals surface area contributed by atoms with Crippen LogP contribution in [-0.4, -0.2) is 60.6 Å². The van der Waals surface area contributed by atoms with Crippen LogP contribution in [0.4, 0.5) is 0 Å². The van der Waals surface area contributed by atoms with Crippen molar-refractivity contribution < 1.29 is 9.53 Å². The highest BCUT2D eigenvalue weighted by atomic mass is 16.5. The highest BCUT2D eigenvalue weighted by molar-refractivity contribution is 5.94. The summed E-state index contributed by atoms with van der Waals surface area (Å²) in [5.41, 5.74) is 4.48. The number of fused-ring (bicyclic) bond motifs is 1. The number of terminal acetylenes is 1. The Labute approximate surface area is 197 Å². The molecule has 2 heterocycles. The fraction of sp³-hybridized carbons (Fsp3) is 0.483. The molecule has 1 amide bonds. The first-order valence-electron chi connectivity index (χ1n) is 12.5. The van der Waals surface area contributed by atoms with E-state index >= 15 is 0 Å². The van der Waals surface area contributed by atoms with Gasteiger partial charge in [-0.3, -0.25) is 9.69 Å². The lowest BCUT2D eigenvalue weighted by atomic mass is 9.94. The molecule has 1 aliphatic carbocycles. The summed E-state index contributed by atoms with van der Waals surface area (Å²) >= 11 is 0. The predicted octanol–water partition coefficient (Wildman–Crippen LogP) is 4.17. The van der Waals surface area contributed by atoms with Crippen molar-refractivity contribution in [3.8, 4) is 12.3 Å². The average Bonchev–Trinajstić information content (AvgIpc) is 3.53. The van der Waals surface area contributed by atoms with Crippen molar-refractivity contribution >= 4 is 5.91 Å². The smallest absolute Gasteiger partial charge is 0.253 e. The van der Waals surface area contributed by atoms with Gasteiger partial charge in [0.25, 0.3) is 5.91 Å². The zero-order valence-electron chi connectivity index (χ0n) is 19.4. The zero-order valence-corrected chi connectivity index (χ0v) is 19.4. The predicted molar refractivity (Wildman–Crippen MR) is 131 cm³/mol. The second-order valence-corrected chi connectivity index (χ2v) is 9.88. The highest BCUT2D eigenvalue weighted by Gasteiger charge is 2.32. The van der Waals surface area contributed by atoms with E-state index in [-0.39, 0.29) is 12.0 Å². The number of benzene rings is 2. The maximum atomic E-state index is 13.5. The van der Waals surface area contributed by atoms with Gasteiger partial charge in [0.1, 0.15) is 0 Å². The average molecular weight is 443 g/mol. The number of ether oxygens (including phenoxy) is 1. The van der Waals surface area contributed by atoms with Gasteiger partial charge in [-0.1, -0.05) is 36.3 Å². The minimum absolute atomic E-state index is 0.0799. The Bertz CT molecular complexity index is 987. The van der Waals surface area contributed by atoms with Gasteiger partial charge >= 0.3 is 0 Å². The third kappa shape index (κ3) is 5.16. The summed E-state index contributed by atoms with van der Waals surface area (Å²) < 4.78 is 5.88. The molecule has 0 radical (unpaired) electrons. The van der Waals surface area contributed by atoms with Crippen LogP contribution in [0.5, 0.6) is 0 Å². The third-order valence-electron chi connectivity index (χ3n) is 7.68. The molecule has 2 saturated heterocycles. The summed E-state index contributed by atoms with van der Waals surface area (Å²) in [4.78, 5) is 18.2. The van der Waals surface area contributed by atoms with Crippen molar-refractivity contribution in [2.24, 2.45) is 5.92 Å². The van der Waals surface area contributed by atoms with Gasteiger partial charge < -0.3 is 9.64 Å². The number of carbonyl (C=O) groups is 1. The second-order valence-electron chi connectivity index (χ2n) is 9.88. The Balaban J connectivity index is 1.21. The minimum Gasteiger partial charge on any atom is -0.376 e. The number of piperidine rings is 1. The molecule has 0 N–H and O–H groups in total. The lowest BCUT2D eigenvalue weighted by Gasteiger charge is -2.38. The van der Waals surface area contributed by atoms with Crippen molar-refractivity contribution in [1.29, 1.82) is 0 Å². The molecule has 33 heavy (non-hydrogen) atoms. The molecule has 3 aliphatic rings. The van der Waals surface area contributed by atoms with Crippen molar-refractivity contribution in [2.75, 3.05) is 32.8 Å². The van der Waals surface area contributed by atoms with Gasteiger partial charge in [0.2, 0.25) is 0 Å². The number of hydrogen-bond donors (Lipinski definition) is 0. The van der Waals surface area contributed by atoms with Crippen LogP contribution in [0, 0.1) is 18.3 Å². The number of rotatable bonds is 6. The molecular formula is C29H34N2O2. The largest absolute Gasteiger partial charge is 0.376 e. The van der Waals surface area contributed by atoms with E-state index in [4.69, 9.17) is 11.2 Å². The van der Waals surface area contributed by atoms with Crippen LogP contribution in [0.3, 0.4) is 0 Å². The van der Waals surface area contributed by atoms with Crippen LogP contribution in [0.1, 0.15) is 52.7 Å². The van der Waals surface area contributed by atoms with E-state index in [1.165, 1.54) is 24.0 Å². The van der Waals surface area contributed by atoms with E-state index in [0.29, 0.717) is 24.1 Å². The summed E-state index contributed by atoms with van der Waals surface area (Å²) in [6.45, 7) is 4.53. The molecule has 172 valence electrons. The van der Waals surface area contributed by atoms with E-state index in [0.717, 1.165) is 57.5 Å². The van der Waals surface area contributed by atoms with E-state index in [2.05, 4.69) is 35.1 Å². The number of nitrogens with zero attached hydrogens (tertiary/aromatic N) is 2.